The highest BCUT2D eigenvalue weighted by Crippen LogP contribution is 2.16. The predicted molar refractivity (Wildman–Crippen MR) is 69.7 cm³/mol. The van der Waals surface area contributed by atoms with Gasteiger partial charge in [0.2, 0.25) is 0 Å². The molecule has 0 aliphatic carbocycles. The summed E-state index contributed by atoms with van der Waals surface area (Å²) in [6.07, 6.45) is 3.80. The first-order valence-corrected chi connectivity index (χ1v) is 6.20. The first-order chi connectivity index (χ1) is 8.74. The topological polar surface area (TPSA) is 54.5 Å². The number of anilines is 1. The van der Waals surface area contributed by atoms with Gasteiger partial charge in [0.15, 0.2) is 0 Å². The van der Waals surface area contributed by atoms with Crippen molar-refractivity contribution in [2.75, 3.05) is 32.6 Å². The molecule has 0 saturated carbocycles. The average Bonchev–Trinajstić information content (AvgIpc) is 2.46. The first kappa shape index (κ1) is 12.8. The van der Waals surface area contributed by atoms with Gasteiger partial charge in [0, 0.05) is 39.1 Å². The molecule has 5 nitrogen and oxygen atoms in total. The summed E-state index contributed by atoms with van der Waals surface area (Å²) >= 11 is 0. The van der Waals surface area contributed by atoms with E-state index in [-0.39, 0.29) is 12.0 Å². The normalized spacial score (nSPS) is 19.7. The van der Waals surface area contributed by atoms with Gasteiger partial charge in [-0.15, -0.1) is 0 Å². The predicted octanol–water partition coefficient (Wildman–Crippen LogP) is 1.37. The number of ether oxygens (including phenoxy) is 1. The van der Waals surface area contributed by atoms with Gasteiger partial charge in [-0.3, -0.25) is 9.78 Å². The van der Waals surface area contributed by atoms with Gasteiger partial charge in [-0.1, -0.05) is 0 Å². The molecule has 1 aromatic rings. The second-order valence-corrected chi connectivity index (χ2v) is 4.43. The minimum atomic E-state index is -0.0196. The molecule has 0 radical (unpaired) electrons. The number of methoxy groups -OCH3 is 1. The molecule has 1 amide bonds. The molecule has 98 valence electrons. The van der Waals surface area contributed by atoms with E-state index in [2.05, 4.69) is 10.3 Å². The van der Waals surface area contributed by atoms with Crippen molar-refractivity contribution in [2.45, 2.75) is 18.9 Å². The molecule has 1 aliphatic heterocycles. The van der Waals surface area contributed by atoms with Crippen LogP contribution in [0.2, 0.25) is 0 Å². The third kappa shape index (κ3) is 2.79. The quantitative estimate of drug-likeness (QED) is 0.879. The van der Waals surface area contributed by atoms with E-state index in [0.29, 0.717) is 12.2 Å². The number of piperidine rings is 1. The number of nitrogens with zero attached hydrogens (tertiary/aromatic N) is 2. The van der Waals surface area contributed by atoms with Crippen molar-refractivity contribution >= 4 is 11.6 Å². The summed E-state index contributed by atoms with van der Waals surface area (Å²) in [5, 5.41) is 3.01. The molecule has 18 heavy (non-hydrogen) atoms. The van der Waals surface area contributed by atoms with Gasteiger partial charge >= 0.3 is 0 Å². The Bertz CT molecular complexity index is 422. The molecule has 5 heteroatoms. The van der Waals surface area contributed by atoms with Crippen LogP contribution in [-0.2, 0) is 4.74 Å². The summed E-state index contributed by atoms with van der Waals surface area (Å²) in [4.78, 5) is 18.3. The second-order valence-electron chi connectivity index (χ2n) is 4.43. The van der Waals surface area contributed by atoms with E-state index in [4.69, 9.17) is 4.74 Å². The molecule has 1 aromatic heterocycles. The van der Waals surface area contributed by atoms with Crippen molar-refractivity contribution in [2.24, 2.45) is 0 Å². The average molecular weight is 249 g/mol. The molecule has 2 rings (SSSR count). The summed E-state index contributed by atoms with van der Waals surface area (Å²) in [5.41, 5.74) is 1.38. The van der Waals surface area contributed by atoms with Gasteiger partial charge in [-0.05, 0) is 25.0 Å². The minimum Gasteiger partial charge on any atom is -0.388 e. The fourth-order valence-corrected chi connectivity index (χ4v) is 2.18. The van der Waals surface area contributed by atoms with Crippen LogP contribution in [0, 0.1) is 0 Å². The maximum Gasteiger partial charge on any atom is 0.272 e. The molecule has 1 aliphatic rings. The Morgan fingerprint density at radius 2 is 2.44 bits per heavy atom. The lowest BCUT2D eigenvalue weighted by Crippen LogP contribution is -2.43. The lowest BCUT2D eigenvalue weighted by molar-refractivity contribution is 0.0266. The number of pyridine rings is 1. The van der Waals surface area contributed by atoms with Crippen molar-refractivity contribution in [1.82, 2.24) is 9.88 Å². The highest BCUT2D eigenvalue weighted by atomic mass is 16.5. The summed E-state index contributed by atoms with van der Waals surface area (Å²) in [5.74, 6) is -0.0196. The molecular formula is C13H19N3O2. The Morgan fingerprint density at radius 3 is 3.17 bits per heavy atom. The van der Waals surface area contributed by atoms with E-state index >= 15 is 0 Å². The number of hydrogen-bond donors (Lipinski definition) is 1. The lowest BCUT2D eigenvalue weighted by atomic mass is 10.1. The molecule has 0 bridgehead atoms. The van der Waals surface area contributed by atoms with E-state index < -0.39 is 0 Å². The van der Waals surface area contributed by atoms with Crippen LogP contribution < -0.4 is 5.32 Å². The SMILES string of the molecule is CNc1ccnc(C(=O)N2CCCC(OC)C2)c1. The Morgan fingerprint density at radius 1 is 1.61 bits per heavy atom. The van der Waals surface area contributed by atoms with Crippen molar-refractivity contribution in [3.63, 3.8) is 0 Å². The van der Waals surface area contributed by atoms with E-state index in [1.807, 2.05) is 18.0 Å². The largest absolute Gasteiger partial charge is 0.388 e. The number of hydrogen-bond acceptors (Lipinski definition) is 4. The molecule has 2 heterocycles. The highest BCUT2D eigenvalue weighted by molar-refractivity contribution is 5.93. The smallest absolute Gasteiger partial charge is 0.272 e. The van der Waals surface area contributed by atoms with Crippen LogP contribution in [0.1, 0.15) is 23.3 Å². The zero-order chi connectivity index (χ0) is 13.0. The molecule has 1 atom stereocenters. The van der Waals surface area contributed by atoms with E-state index in [0.717, 1.165) is 25.1 Å². The summed E-state index contributed by atoms with van der Waals surface area (Å²) in [6, 6.07) is 3.61. The number of aromatic nitrogens is 1. The van der Waals surface area contributed by atoms with Crippen LogP contribution in [0.4, 0.5) is 5.69 Å². The summed E-state index contributed by atoms with van der Waals surface area (Å²) in [7, 11) is 3.52. The van der Waals surface area contributed by atoms with Gasteiger partial charge in [0.05, 0.1) is 6.10 Å². The monoisotopic (exact) mass is 249 g/mol. The van der Waals surface area contributed by atoms with E-state index in [1.54, 1.807) is 19.4 Å². The zero-order valence-electron chi connectivity index (χ0n) is 10.8. The van der Waals surface area contributed by atoms with Crippen molar-refractivity contribution in [3.05, 3.63) is 24.0 Å². The standard InChI is InChI=1S/C13H19N3O2/c1-14-10-5-6-15-12(8-10)13(17)16-7-3-4-11(9-16)18-2/h5-6,8,11H,3-4,7,9H2,1-2H3,(H,14,15). The van der Waals surface area contributed by atoms with Crippen molar-refractivity contribution < 1.29 is 9.53 Å². The van der Waals surface area contributed by atoms with Gasteiger partial charge < -0.3 is 15.0 Å². The molecule has 1 N–H and O–H groups in total. The van der Waals surface area contributed by atoms with Gasteiger partial charge in [-0.2, -0.15) is 0 Å². The lowest BCUT2D eigenvalue weighted by Gasteiger charge is -2.31. The molecule has 1 fully saturated rings. The van der Waals surface area contributed by atoms with Gasteiger partial charge in [0.25, 0.3) is 5.91 Å². The number of rotatable bonds is 3. The molecule has 1 unspecified atom stereocenters. The van der Waals surface area contributed by atoms with Gasteiger partial charge in [-0.25, -0.2) is 0 Å². The summed E-state index contributed by atoms with van der Waals surface area (Å²) in [6.45, 7) is 1.44. The minimum absolute atomic E-state index is 0.0196. The molecule has 1 saturated heterocycles. The van der Waals surface area contributed by atoms with Crippen molar-refractivity contribution in [1.29, 1.82) is 0 Å². The van der Waals surface area contributed by atoms with Crippen LogP contribution in [0.15, 0.2) is 18.3 Å². The van der Waals surface area contributed by atoms with Crippen molar-refractivity contribution in [3.8, 4) is 0 Å². The molecular weight excluding hydrogens is 230 g/mol. The second kappa shape index (κ2) is 5.82. The Balaban J connectivity index is 2.10. The number of carbonyl (C=O) groups is 1. The van der Waals surface area contributed by atoms with Crippen LogP contribution in [0.5, 0.6) is 0 Å². The fourth-order valence-electron chi connectivity index (χ4n) is 2.18. The third-order valence-corrected chi connectivity index (χ3v) is 3.27. The number of carbonyl (C=O) groups excluding carboxylic acids is 1. The zero-order valence-corrected chi connectivity index (χ0v) is 10.8. The Kier molecular flexibility index (Phi) is 4.15. The van der Waals surface area contributed by atoms with Crippen LogP contribution in [0.3, 0.4) is 0 Å². The molecule has 0 spiro atoms. The van der Waals surface area contributed by atoms with E-state index in [1.165, 1.54) is 0 Å². The highest BCUT2D eigenvalue weighted by Gasteiger charge is 2.24. The Labute approximate surface area is 107 Å². The number of amides is 1. The maximum absolute atomic E-state index is 12.3. The third-order valence-electron chi connectivity index (χ3n) is 3.27. The van der Waals surface area contributed by atoms with E-state index in [9.17, 15) is 4.79 Å². The van der Waals surface area contributed by atoms with Crippen LogP contribution >= 0.6 is 0 Å². The number of likely N-dealkylation sites (tertiary alicyclic amines) is 1. The Hall–Kier alpha value is -1.62. The summed E-state index contributed by atoms with van der Waals surface area (Å²) < 4.78 is 5.33. The number of nitrogens with one attached hydrogen (secondary N) is 1. The van der Waals surface area contributed by atoms with Crippen LogP contribution in [0.25, 0.3) is 0 Å². The fraction of sp³-hybridized carbons (Fsp3) is 0.538. The van der Waals surface area contributed by atoms with Gasteiger partial charge in [0.1, 0.15) is 5.69 Å². The first-order valence-electron chi connectivity index (χ1n) is 6.20. The molecule has 0 aromatic carbocycles. The maximum atomic E-state index is 12.3. The van der Waals surface area contributed by atoms with Crippen LogP contribution in [-0.4, -0.2) is 49.1 Å².